The molecule has 0 N–H and O–H groups in total. The highest BCUT2D eigenvalue weighted by Gasteiger charge is 2.15. The summed E-state index contributed by atoms with van der Waals surface area (Å²) in [6.07, 6.45) is 20.0. The number of rotatable bonds is 16. The Kier molecular flexibility index (Phi) is 14.9. The van der Waals surface area contributed by atoms with Crippen LogP contribution in [0, 0.1) is 0 Å². The number of unbranched alkanes of at least 4 members (excludes halogenated alkanes) is 10. The summed E-state index contributed by atoms with van der Waals surface area (Å²) in [4.78, 5) is 0. The molecule has 0 fully saturated rings. The molecule has 1 unspecified atom stereocenters. The predicted molar refractivity (Wildman–Crippen MR) is 166 cm³/mol. The Bertz CT molecular complexity index is 996. The summed E-state index contributed by atoms with van der Waals surface area (Å²) < 4.78 is 0. The fourth-order valence-electron chi connectivity index (χ4n) is 5.62. The Morgan fingerprint density at radius 3 is 1.47 bits per heavy atom. The fourth-order valence-corrected chi connectivity index (χ4v) is 5.62. The summed E-state index contributed by atoms with van der Waals surface area (Å²) in [6, 6.07) is 16.8. The molecule has 0 nitrogen and oxygen atoms in total. The molecule has 0 aliphatic rings. The molecule has 3 rings (SSSR count). The van der Waals surface area contributed by atoms with Crippen molar-refractivity contribution in [1.29, 1.82) is 0 Å². The van der Waals surface area contributed by atoms with Gasteiger partial charge in [0, 0.05) is 0 Å². The van der Waals surface area contributed by atoms with Crippen molar-refractivity contribution in [2.24, 2.45) is 0 Å². The standard InChI is InChI=1S/C34H50.C2H6/c1-5-8-10-12-14-16-20-31-29-22-18-19-23-30(29)32(21-17-15-13-11-9-6-2)34-26-28(27(4)7-3)24-25-33(31)34;1-2/h18-19,22-27H,5-17,20-21H2,1-4H3;1-2H3. The lowest BCUT2D eigenvalue weighted by Crippen LogP contribution is -1.99. The Morgan fingerprint density at radius 1 is 0.528 bits per heavy atom. The van der Waals surface area contributed by atoms with Gasteiger partial charge in [0.2, 0.25) is 0 Å². The molecule has 0 saturated carbocycles. The van der Waals surface area contributed by atoms with E-state index in [2.05, 4.69) is 70.2 Å². The van der Waals surface area contributed by atoms with E-state index in [-0.39, 0.29) is 0 Å². The van der Waals surface area contributed by atoms with Crippen molar-refractivity contribution in [3.05, 3.63) is 59.2 Å². The van der Waals surface area contributed by atoms with Crippen LogP contribution in [0.1, 0.15) is 148 Å². The molecule has 0 heterocycles. The second-order valence-electron chi connectivity index (χ2n) is 10.7. The SMILES string of the molecule is CC.CCCCCCCCc1c2ccccc2c(CCCCCCCC)c2cc(C(C)CC)ccc12. The van der Waals surface area contributed by atoms with Gasteiger partial charge in [-0.2, -0.15) is 0 Å². The number of aryl methyl sites for hydroxylation is 2. The first-order valence-corrected chi connectivity index (χ1v) is 15.7. The van der Waals surface area contributed by atoms with Crippen LogP contribution >= 0.6 is 0 Å². The van der Waals surface area contributed by atoms with E-state index in [0.717, 1.165) is 0 Å². The van der Waals surface area contributed by atoms with Crippen LogP contribution in [0.15, 0.2) is 42.5 Å². The van der Waals surface area contributed by atoms with Gasteiger partial charge in [-0.3, -0.25) is 0 Å². The minimum Gasteiger partial charge on any atom is -0.0683 e. The van der Waals surface area contributed by atoms with E-state index in [4.69, 9.17) is 0 Å². The molecule has 1 atom stereocenters. The van der Waals surface area contributed by atoms with E-state index in [1.54, 1.807) is 16.5 Å². The maximum atomic E-state index is 2.56. The van der Waals surface area contributed by atoms with Gasteiger partial charge >= 0.3 is 0 Å². The number of hydrogen-bond donors (Lipinski definition) is 0. The van der Waals surface area contributed by atoms with Crippen molar-refractivity contribution in [3.8, 4) is 0 Å². The summed E-state index contributed by atoms with van der Waals surface area (Å²) in [6.45, 7) is 13.3. The molecule has 0 aliphatic carbocycles. The van der Waals surface area contributed by atoms with E-state index in [1.165, 1.54) is 118 Å². The van der Waals surface area contributed by atoms with Crippen molar-refractivity contribution in [2.45, 2.75) is 144 Å². The molecule has 200 valence electrons. The zero-order valence-corrected chi connectivity index (χ0v) is 24.7. The predicted octanol–water partition coefficient (Wildman–Crippen LogP) is 12.3. The van der Waals surface area contributed by atoms with E-state index in [0.29, 0.717) is 5.92 Å². The van der Waals surface area contributed by atoms with E-state index in [9.17, 15) is 0 Å². The summed E-state index contributed by atoms with van der Waals surface area (Å²) in [5, 5.41) is 6.11. The average molecular weight is 489 g/mol. The van der Waals surface area contributed by atoms with Crippen LogP contribution in [0.4, 0.5) is 0 Å². The van der Waals surface area contributed by atoms with E-state index in [1.807, 2.05) is 13.8 Å². The normalized spacial score (nSPS) is 12.1. The first-order chi connectivity index (χ1) is 17.7. The lowest BCUT2D eigenvalue weighted by atomic mass is 9.85. The first-order valence-electron chi connectivity index (χ1n) is 15.7. The van der Waals surface area contributed by atoms with Crippen molar-refractivity contribution in [1.82, 2.24) is 0 Å². The van der Waals surface area contributed by atoms with Gasteiger partial charge in [-0.25, -0.2) is 0 Å². The third-order valence-corrected chi connectivity index (χ3v) is 8.01. The molecular formula is C36H56. The van der Waals surface area contributed by atoms with Crippen LogP contribution < -0.4 is 0 Å². The molecular weight excluding hydrogens is 432 g/mol. The summed E-state index contributed by atoms with van der Waals surface area (Å²) in [5.41, 5.74) is 4.72. The molecule has 0 aliphatic heterocycles. The third-order valence-electron chi connectivity index (χ3n) is 8.01. The minimum atomic E-state index is 0.625. The van der Waals surface area contributed by atoms with Crippen molar-refractivity contribution in [3.63, 3.8) is 0 Å². The van der Waals surface area contributed by atoms with Gasteiger partial charge in [-0.05, 0) is 76.3 Å². The van der Waals surface area contributed by atoms with Gasteiger partial charge in [-0.1, -0.05) is 148 Å². The Balaban J connectivity index is 0.00000222. The smallest absolute Gasteiger partial charge is 0.0140 e. The zero-order chi connectivity index (χ0) is 26.2. The number of fused-ring (bicyclic) bond motifs is 2. The molecule has 0 heteroatoms. The topological polar surface area (TPSA) is 0 Å². The van der Waals surface area contributed by atoms with Crippen LogP contribution in [0.3, 0.4) is 0 Å². The third kappa shape index (κ3) is 8.64. The van der Waals surface area contributed by atoms with Crippen LogP contribution in [0.2, 0.25) is 0 Å². The molecule has 0 amide bonds. The second-order valence-corrected chi connectivity index (χ2v) is 10.7. The van der Waals surface area contributed by atoms with Gasteiger partial charge in [0.05, 0.1) is 0 Å². The molecule has 36 heavy (non-hydrogen) atoms. The highest BCUT2D eigenvalue weighted by molar-refractivity contribution is 6.06. The Morgan fingerprint density at radius 2 is 0.972 bits per heavy atom. The van der Waals surface area contributed by atoms with Crippen molar-refractivity contribution < 1.29 is 0 Å². The lowest BCUT2D eigenvalue weighted by molar-refractivity contribution is 0.608. The molecule has 3 aromatic carbocycles. The summed E-state index contributed by atoms with van der Waals surface area (Å²) in [7, 11) is 0. The monoisotopic (exact) mass is 488 g/mol. The number of hydrogen-bond acceptors (Lipinski definition) is 0. The maximum absolute atomic E-state index is 2.56. The molecule has 0 radical (unpaired) electrons. The van der Waals surface area contributed by atoms with E-state index >= 15 is 0 Å². The fraction of sp³-hybridized carbons (Fsp3) is 0.611. The molecule has 0 spiro atoms. The molecule has 0 bridgehead atoms. The van der Waals surface area contributed by atoms with Crippen LogP contribution in [-0.4, -0.2) is 0 Å². The highest BCUT2D eigenvalue weighted by Crippen LogP contribution is 2.37. The van der Waals surface area contributed by atoms with Crippen LogP contribution in [-0.2, 0) is 12.8 Å². The largest absolute Gasteiger partial charge is 0.0683 e. The van der Waals surface area contributed by atoms with Gasteiger partial charge in [0.25, 0.3) is 0 Å². The molecule has 3 aromatic rings. The Hall–Kier alpha value is -1.82. The quantitative estimate of drug-likeness (QED) is 0.139. The maximum Gasteiger partial charge on any atom is -0.0140 e. The molecule has 0 saturated heterocycles. The summed E-state index contributed by atoms with van der Waals surface area (Å²) in [5.74, 6) is 0.625. The van der Waals surface area contributed by atoms with Gasteiger partial charge in [0.15, 0.2) is 0 Å². The summed E-state index contributed by atoms with van der Waals surface area (Å²) >= 11 is 0. The van der Waals surface area contributed by atoms with Gasteiger partial charge in [0.1, 0.15) is 0 Å². The van der Waals surface area contributed by atoms with Crippen LogP contribution in [0.5, 0.6) is 0 Å². The minimum absolute atomic E-state index is 0.625. The Labute approximate surface area is 224 Å². The highest BCUT2D eigenvalue weighted by atomic mass is 14.2. The zero-order valence-electron chi connectivity index (χ0n) is 24.7. The first kappa shape index (κ1) is 30.4. The van der Waals surface area contributed by atoms with Crippen molar-refractivity contribution >= 4 is 21.5 Å². The van der Waals surface area contributed by atoms with Gasteiger partial charge < -0.3 is 0 Å². The second kappa shape index (κ2) is 17.6. The number of benzene rings is 3. The molecule has 0 aromatic heterocycles. The van der Waals surface area contributed by atoms with Crippen LogP contribution in [0.25, 0.3) is 21.5 Å². The average Bonchev–Trinajstić information content (AvgIpc) is 2.93. The lowest BCUT2D eigenvalue weighted by Gasteiger charge is -2.19. The van der Waals surface area contributed by atoms with Crippen molar-refractivity contribution in [2.75, 3.05) is 0 Å². The van der Waals surface area contributed by atoms with Gasteiger partial charge in [-0.15, -0.1) is 0 Å². The van der Waals surface area contributed by atoms with E-state index < -0.39 is 0 Å².